The van der Waals surface area contributed by atoms with Crippen LogP contribution in [0.1, 0.15) is 17.5 Å². The number of halogens is 2. The molecule has 1 aromatic carbocycles. The molecule has 0 fully saturated rings. The zero-order chi connectivity index (χ0) is 9.42. The molecule has 1 aliphatic rings. The summed E-state index contributed by atoms with van der Waals surface area (Å²) < 4.78 is 13.9. The summed E-state index contributed by atoms with van der Waals surface area (Å²) in [4.78, 5) is 0. The molecule has 0 aromatic heterocycles. The number of nitrogens with two attached hydrogens (primary N) is 1. The smallest absolute Gasteiger partial charge is 0.124 e. The fourth-order valence-corrected chi connectivity index (χ4v) is 2.50. The van der Waals surface area contributed by atoms with Gasteiger partial charge in [0.05, 0.1) is 0 Å². The average molecular weight is 244 g/mol. The monoisotopic (exact) mass is 243 g/mol. The van der Waals surface area contributed by atoms with Crippen molar-refractivity contribution < 1.29 is 4.39 Å². The second-order valence-electron chi connectivity index (χ2n) is 3.53. The topological polar surface area (TPSA) is 26.0 Å². The lowest BCUT2D eigenvalue weighted by atomic mass is 9.89. The molecule has 13 heavy (non-hydrogen) atoms. The first-order valence-corrected chi connectivity index (χ1v) is 5.18. The van der Waals surface area contributed by atoms with Gasteiger partial charge in [-0.15, -0.1) is 0 Å². The molecular formula is C10H11BrFN. The number of hydrogen-bond donors (Lipinski definition) is 1. The summed E-state index contributed by atoms with van der Waals surface area (Å²) in [6.07, 6.45) is 2.75. The second-order valence-corrected chi connectivity index (χ2v) is 4.38. The van der Waals surface area contributed by atoms with Crippen molar-refractivity contribution >= 4 is 15.9 Å². The zero-order valence-corrected chi connectivity index (χ0v) is 8.77. The number of hydrogen-bond acceptors (Lipinski definition) is 1. The number of benzene rings is 1. The fourth-order valence-electron chi connectivity index (χ4n) is 1.83. The van der Waals surface area contributed by atoms with Crippen molar-refractivity contribution in [3.05, 3.63) is 33.5 Å². The fraction of sp³-hybridized carbons (Fsp3) is 0.400. The van der Waals surface area contributed by atoms with Gasteiger partial charge in [-0.3, -0.25) is 0 Å². The maximum atomic E-state index is 13.0. The maximum absolute atomic E-state index is 13.0. The standard InChI is InChI=1S/C10H11BrFN/c11-10-5-7(12)3-6-4-8(13)1-2-9(6)10/h3,5,8H,1-2,4,13H2/t8-/m0/s1. The van der Waals surface area contributed by atoms with Gasteiger partial charge in [0, 0.05) is 10.5 Å². The third kappa shape index (κ3) is 1.76. The molecule has 0 heterocycles. The zero-order valence-electron chi connectivity index (χ0n) is 7.19. The molecule has 0 radical (unpaired) electrons. The van der Waals surface area contributed by atoms with Crippen molar-refractivity contribution in [1.82, 2.24) is 0 Å². The molecule has 1 aliphatic carbocycles. The Labute approximate surface area is 85.3 Å². The average Bonchev–Trinajstić information content (AvgIpc) is 2.02. The Balaban J connectivity index is 2.47. The lowest BCUT2D eigenvalue weighted by Gasteiger charge is -2.22. The van der Waals surface area contributed by atoms with Crippen molar-refractivity contribution in [2.24, 2.45) is 5.73 Å². The SMILES string of the molecule is N[C@H]1CCc2c(Br)cc(F)cc2C1. The van der Waals surface area contributed by atoms with E-state index in [9.17, 15) is 4.39 Å². The molecule has 3 heteroatoms. The van der Waals surface area contributed by atoms with E-state index in [2.05, 4.69) is 15.9 Å². The van der Waals surface area contributed by atoms with Gasteiger partial charge in [0.15, 0.2) is 0 Å². The third-order valence-electron chi connectivity index (χ3n) is 2.50. The van der Waals surface area contributed by atoms with E-state index >= 15 is 0 Å². The Morgan fingerprint density at radius 2 is 2.23 bits per heavy atom. The van der Waals surface area contributed by atoms with Crippen LogP contribution in [-0.4, -0.2) is 6.04 Å². The van der Waals surface area contributed by atoms with Crippen LogP contribution in [-0.2, 0) is 12.8 Å². The summed E-state index contributed by atoms with van der Waals surface area (Å²) in [5.41, 5.74) is 8.10. The van der Waals surface area contributed by atoms with Crippen LogP contribution in [0, 0.1) is 5.82 Å². The minimum absolute atomic E-state index is 0.181. The quantitative estimate of drug-likeness (QED) is 0.745. The van der Waals surface area contributed by atoms with Gasteiger partial charge in [-0.1, -0.05) is 15.9 Å². The van der Waals surface area contributed by atoms with Crippen molar-refractivity contribution in [3.63, 3.8) is 0 Å². The molecule has 2 rings (SSSR count). The molecular weight excluding hydrogens is 233 g/mol. The van der Waals surface area contributed by atoms with Gasteiger partial charge in [-0.2, -0.15) is 0 Å². The van der Waals surface area contributed by atoms with E-state index in [-0.39, 0.29) is 11.9 Å². The molecule has 0 bridgehead atoms. The van der Waals surface area contributed by atoms with Gasteiger partial charge >= 0.3 is 0 Å². The number of fused-ring (bicyclic) bond motifs is 1. The molecule has 1 aromatic rings. The normalized spacial score (nSPS) is 21.3. The van der Waals surface area contributed by atoms with Crippen LogP contribution in [0.3, 0.4) is 0 Å². The Morgan fingerprint density at radius 1 is 1.46 bits per heavy atom. The molecule has 0 saturated heterocycles. The van der Waals surface area contributed by atoms with Crippen molar-refractivity contribution in [2.75, 3.05) is 0 Å². The van der Waals surface area contributed by atoms with Gasteiger partial charge in [-0.05, 0) is 42.5 Å². The van der Waals surface area contributed by atoms with E-state index in [1.165, 1.54) is 11.6 Å². The Morgan fingerprint density at radius 3 is 3.00 bits per heavy atom. The van der Waals surface area contributed by atoms with Crippen molar-refractivity contribution in [3.8, 4) is 0 Å². The highest BCUT2D eigenvalue weighted by molar-refractivity contribution is 9.10. The predicted molar refractivity (Wildman–Crippen MR) is 54.1 cm³/mol. The lowest BCUT2D eigenvalue weighted by molar-refractivity contribution is 0.564. The van der Waals surface area contributed by atoms with E-state index < -0.39 is 0 Å². The van der Waals surface area contributed by atoms with E-state index in [1.54, 1.807) is 6.07 Å². The summed E-state index contributed by atoms with van der Waals surface area (Å²) in [7, 11) is 0. The molecule has 0 amide bonds. The first kappa shape index (κ1) is 9.16. The van der Waals surface area contributed by atoms with Gasteiger partial charge in [0.25, 0.3) is 0 Å². The van der Waals surface area contributed by atoms with Crippen LogP contribution < -0.4 is 5.73 Å². The molecule has 0 spiro atoms. The minimum atomic E-state index is -0.181. The Hall–Kier alpha value is -0.410. The van der Waals surface area contributed by atoms with Gasteiger partial charge in [0.2, 0.25) is 0 Å². The summed E-state index contributed by atoms with van der Waals surface area (Å²) in [5, 5.41) is 0. The van der Waals surface area contributed by atoms with Gasteiger partial charge < -0.3 is 5.73 Å². The van der Waals surface area contributed by atoms with E-state index in [1.807, 2.05) is 0 Å². The Bertz CT molecular complexity index is 338. The molecule has 0 saturated carbocycles. The molecule has 1 nitrogen and oxygen atoms in total. The van der Waals surface area contributed by atoms with Crippen molar-refractivity contribution in [2.45, 2.75) is 25.3 Å². The molecule has 0 unspecified atom stereocenters. The van der Waals surface area contributed by atoms with Crippen LogP contribution in [0.25, 0.3) is 0 Å². The summed E-state index contributed by atoms with van der Waals surface area (Å²) >= 11 is 3.37. The van der Waals surface area contributed by atoms with Crippen molar-refractivity contribution in [1.29, 1.82) is 0 Å². The molecule has 70 valence electrons. The highest BCUT2D eigenvalue weighted by atomic mass is 79.9. The predicted octanol–water partition coefficient (Wildman–Crippen LogP) is 2.40. The highest BCUT2D eigenvalue weighted by Gasteiger charge is 2.18. The van der Waals surface area contributed by atoms with Crippen LogP contribution >= 0.6 is 15.9 Å². The summed E-state index contributed by atoms with van der Waals surface area (Å²) in [6, 6.07) is 3.32. The minimum Gasteiger partial charge on any atom is -0.327 e. The molecule has 0 aliphatic heterocycles. The van der Waals surface area contributed by atoms with E-state index in [0.29, 0.717) is 0 Å². The summed E-state index contributed by atoms with van der Waals surface area (Å²) in [6.45, 7) is 0. The second kappa shape index (κ2) is 3.39. The summed E-state index contributed by atoms with van der Waals surface area (Å²) in [5.74, 6) is -0.181. The third-order valence-corrected chi connectivity index (χ3v) is 3.21. The molecule has 2 N–H and O–H groups in total. The van der Waals surface area contributed by atoms with Gasteiger partial charge in [0.1, 0.15) is 5.82 Å². The van der Waals surface area contributed by atoms with Crippen LogP contribution in [0.2, 0.25) is 0 Å². The lowest BCUT2D eigenvalue weighted by Crippen LogP contribution is -2.28. The molecule has 1 atom stereocenters. The number of rotatable bonds is 0. The first-order chi connectivity index (χ1) is 6.16. The van der Waals surface area contributed by atoms with E-state index in [4.69, 9.17) is 5.73 Å². The largest absolute Gasteiger partial charge is 0.327 e. The van der Waals surface area contributed by atoms with Crippen LogP contribution in [0.4, 0.5) is 4.39 Å². The van der Waals surface area contributed by atoms with Gasteiger partial charge in [-0.25, -0.2) is 4.39 Å². The maximum Gasteiger partial charge on any atom is 0.124 e. The highest BCUT2D eigenvalue weighted by Crippen LogP contribution is 2.28. The van der Waals surface area contributed by atoms with Crippen LogP contribution in [0.15, 0.2) is 16.6 Å². The first-order valence-electron chi connectivity index (χ1n) is 4.39. The Kier molecular flexibility index (Phi) is 2.39. The van der Waals surface area contributed by atoms with E-state index in [0.717, 1.165) is 29.3 Å². The van der Waals surface area contributed by atoms with Crippen LogP contribution in [0.5, 0.6) is 0 Å².